The molecular weight excluding hydrogens is 320 g/mol. The van der Waals surface area contributed by atoms with Crippen LogP contribution in [-0.2, 0) is 4.74 Å². The maximum atomic E-state index is 12.1. The molecule has 1 aromatic rings. The van der Waals surface area contributed by atoms with Gasteiger partial charge in [-0.05, 0) is 53.5 Å². The maximum Gasteiger partial charge on any atom is 0.252 e. The maximum absolute atomic E-state index is 12.1. The highest BCUT2D eigenvalue weighted by Gasteiger charge is 2.11. The Morgan fingerprint density at radius 1 is 1.40 bits per heavy atom. The smallest absolute Gasteiger partial charge is 0.252 e. The summed E-state index contributed by atoms with van der Waals surface area (Å²) >= 11 is 3.44. The average Bonchev–Trinajstić information content (AvgIpc) is 2.44. The number of halogens is 1. The number of nitrogens with zero attached hydrogens (tertiary/aromatic N) is 1. The molecule has 1 aliphatic rings. The number of hydrogen-bond donors (Lipinski definition) is 1. The normalized spacial score (nSPS) is 16.1. The minimum atomic E-state index is -0.0150. The van der Waals surface area contributed by atoms with Crippen LogP contribution in [0.1, 0.15) is 22.3 Å². The molecule has 0 atom stereocenters. The Labute approximate surface area is 128 Å². The molecule has 1 amide bonds. The van der Waals surface area contributed by atoms with Crippen LogP contribution in [0.25, 0.3) is 0 Å². The highest BCUT2D eigenvalue weighted by atomic mass is 79.9. The lowest BCUT2D eigenvalue weighted by Crippen LogP contribution is -2.38. The molecule has 1 aromatic carbocycles. The molecule has 0 saturated carbocycles. The summed E-state index contributed by atoms with van der Waals surface area (Å²) in [6.07, 6.45) is 0.967. The number of aryl methyl sites for hydroxylation is 1. The first-order valence-corrected chi connectivity index (χ1v) is 7.80. The lowest BCUT2D eigenvalue weighted by atomic mass is 10.1. The van der Waals surface area contributed by atoms with Crippen molar-refractivity contribution in [2.24, 2.45) is 0 Å². The predicted octanol–water partition coefficient (Wildman–Crippen LogP) is 2.21. The second-order valence-electron chi connectivity index (χ2n) is 5.05. The van der Waals surface area contributed by atoms with Crippen LogP contribution in [0, 0.1) is 6.92 Å². The largest absolute Gasteiger partial charge is 0.379 e. The number of ether oxygens (including phenoxy) is 1. The van der Waals surface area contributed by atoms with Gasteiger partial charge in [-0.15, -0.1) is 0 Å². The molecule has 0 bridgehead atoms. The Hall–Kier alpha value is -0.910. The molecular formula is C15H21BrN2O2. The zero-order valence-corrected chi connectivity index (χ0v) is 13.4. The third-order valence-electron chi connectivity index (χ3n) is 3.41. The summed E-state index contributed by atoms with van der Waals surface area (Å²) < 4.78 is 6.16. The highest BCUT2D eigenvalue weighted by Crippen LogP contribution is 2.18. The summed E-state index contributed by atoms with van der Waals surface area (Å²) in [6.45, 7) is 7.37. The average molecular weight is 341 g/mol. The molecule has 1 N–H and O–H groups in total. The molecule has 2 rings (SSSR count). The lowest BCUT2D eigenvalue weighted by molar-refractivity contribution is 0.0374. The van der Waals surface area contributed by atoms with Gasteiger partial charge in [-0.1, -0.05) is 6.07 Å². The third-order valence-corrected chi connectivity index (χ3v) is 4.07. The van der Waals surface area contributed by atoms with Crippen LogP contribution in [-0.4, -0.2) is 50.2 Å². The van der Waals surface area contributed by atoms with Crippen molar-refractivity contribution in [2.75, 3.05) is 39.4 Å². The number of carbonyl (C=O) groups excluding carboxylic acids is 1. The molecule has 0 aliphatic carbocycles. The second kappa shape index (κ2) is 7.76. The number of hydrogen-bond acceptors (Lipinski definition) is 3. The van der Waals surface area contributed by atoms with Crippen LogP contribution in [0.3, 0.4) is 0 Å². The van der Waals surface area contributed by atoms with E-state index in [4.69, 9.17) is 4.74 Å². The van der Waals surface area contributed by atoms with Crippen molar-refractivity contribution in [3.63, 3.8) is 0 Å². The van der Waals surface area contributed by atoms with Gasteiger partial charge in [0.05, 0.1) is 18.8 Å². The first-order chi connectivity index (χ1) is 9.66. The fraction of sp³-hybridized carbons (Fsp3) is 0.533. The number of carbonyl (C=O) groups is 1. The van der Waals surface area contributed by atoms with Crippen LogP contribution >= 0.6 is 15.9 Å². The molecule has 0 aromatic heterocycles. The minimum absolute atomic E-state index is 0.0150. The summed E-state index contributed by atoms with van der Waals surface area (Å²) in [5.41, 5.74) is 1.84. The van der Waals surface area contributed by atoms with Crippen LogP contribution in [0.5, 0.6) is 0 Å². The zero-order valence-electron chi connectivity index (χ0n) is 11.8. The van der Waals surface area contributed by atoms with Crippen molar-refractivity contribution in [2.45, 2.75) is 13.3 Å². The van der Waals surface area contributed by atoms with Gasteiger partial charge in [0.2, 0.25) is 0 Å². The van der Waals surface area contributed by atoms with Crippen molar-refractivity contribution in [3.8, 4) is 0 Å². The van der Waals surface area contributed by atoms with E-state index in [1.807, 2.05) is 25.1 Å². The molecule has 1 aliphatic heterocycles. The van der Waals surface area contributed by atoms with Crippen molar-refractivity contribution in [1.82, 2.24) is 10.2 Å². The van der Waals surface area contributed by atoms with Gasteiger partial charge < -0.3 is 10.1 Å². The summed E-state index contributed by atoms with van der Waals surface area (Å²) in [4.78, 5) is 14.4. The van der Waals surface area contributed by atoms with Crippen LogP contribution in [0.4, 0.5) is 0 Å². The van der Waals surface area contributed by atoms with Gasteiger partial charge in [0.1, 0.15) is 0 Å². The summed E-state index contributed by atoms with van der Waals surface area (Å²) in [6, 6.07) is 5.77. The molecule has 1 heterocycles. The van der Waals surface area contributed by atoms with E-state index >= 15 is 0 Å². The molecule has 0 radical (unpaired) electrons. The second-order valence-corrected chi connectivity index (χ2v) is 5.90. The predicted molar refractivity (Wildman–Crippen MR) is 83.1 cm³/mol. The Balaban J connectivity index is 1.72. The van der Waals surface area contributed by atoms with Crippen LogP contribution < -0.4 is 5.32 Å². The van der Waals surface area contributed by atoms with E-state index in [1.165, 1.54) is 0 Å². The fourth-order valence-electron chi connectivity index (χ4n) is 2.23. The van der Waals surface area contributed by atoms with Crippen molar-refractivity contribution >= 4 is 21.8 Å². The molecule has 0 spiro atoms. The summed E-state index contributed by atoms with van der Waals surface area (Å²) in [5, 5.41) is 2.97. The number of rotatable bonds is 5. The number of nitrogens with one attached hydrogen (secondary N) is 1. The van der Waals surface area contributed by atoms with E-state index in [1.54, 1.807) is 0 Å². The molecule has 0 unspecified atom stereocenters. The molecule has 20 heavy (non-hydrogen) atoms. The molecule has 110 valence electrons. The Kier molecular flexibility index (Phi) is 6.01. The Morgan fingerprint density at radius 2 is 2.15 bits per heavy atom. The number of morpholine rings is 1. The van der Waals surface area contributed by atoms with Gasteiger partial charge in [0.15, 0.2) is 0 Å². The number of benzene rings is 1. The topological polar surface area (TPSA) is 41.6 Å². The van der Waals surface area contributed by atoms with Gasteiger partial charge >= 0.3 is 0 Å². The summed E-state index contributed by atoms with van der Waals surface area (Å²) in [7, 11) is 0. The van der Waals surface area contributed by atoms with Gasteiger partial charge in [-0.25, -0.2) is 0 Å². The Morgan fingerprint density at radius 3 is 2.85 bits per heavy atom. The first-order valence-electron chi connectivity index (χ1n) is 7.01. The molecule has 1 saturated heterocycles. The van der Waals surface area contributed by atoms with Crippen LogP contribution in [0.2, 0.25) is 0 Å². The lowest BCUT2D eigenvalue weighted by Gasteiger charge is -2.26. The van der Waals surface area contributed by atoms with Gasteiger partial charge in [0.25, 0.3) is 5.91 Å². The van der Waals surface area contributed by atoms with Gasteiger partial charge in [0, 0.05) is 24.1 Å². The van der Waals surface area contributed by atoms with E-state index < -0.39 is 0 Å². The molecule has 5 heteroatoms. The van der Waals surface area contributed by atoms with E-state index in [-0.39, 0.29) is 5.91 Å². The van der Waals surface area contributed by atoms with Crippen LogP contribution in [0.15, 0.2) is 22.7 Å². The first kappa shape index (κ1) is 15.5. The summed E-state index contributed by atoms with van der Waals surface area (Å²) in [5.74, 6) is -0.0150. The number of amides is 1. The minimum Gasteiger partial charge on any atom is -0.379 e. The van der Waals surface area contributed by atoms with E-state index in [0.29, 0.717) is 12.1 Å². The molecule has 4 nitrogen and oxygen atoms in total. The van der Waals surface area contributed by atoms with E-state index in [0.717, 1.165) is 49.3 Å². The van der Waals surface area contributed by atoms with Gasteiger partial charge in [-0.3, -0.25) is 9.69 Å². The fourth-order valence-corrected chi connectivity index (χ4v) is 2.90. The standard InChI is InChI=1S/C15H21BrN2O2/c1-12-3-4-13(14(16)11-12)15(19)17-5-2-6-18-7-9-20-10-8-18/h3-4,11H,2,5-10H2,1H3,(H,17,19). The van der Waals surface area contributed by atoms with Crippen molar-refractivity contribution in [3.05, 3.63) is 33.8 Å². The third kappa shape index (κ3) is 4.58. The highest BCUT2D eigenvalue weighted by molar-refractivity contribution is 9.10. The quantitative estimate of drug-likeness (QED) is 0.835. The van der Waals surface area contributed by atoms with Crippen molar-refractivity contribution in [1.29, 1.82) is 0 Å². The van der Waals surface area contributed by atoms with E-state index in [2.05, 4.69) is 26.1 Å². The Bertz CT molecular complexity index is 459. The molecule has 1 fully saturated rings. The van der Waals surface area contributed by atoms with Gasteiger partial charge in [-0.2, -0.15) is 0 Å². The zero-order chi connectivity index (χ0) is 14.4. The van der Waals surface area contributed by atoms with E-state index in [9.17, 15) is 4.79 Å². The van der Waals surface area contributed by atoms with Crippen molar-refractivity contribution < 1.29 is 9.53 Å². The monoisotopic (exact) mass is 340 g/mol. The SMILES string of the molecule is Cc1ccc(C(=O)NCCCN2CCOCC2)c(Br)c1.